The summed E-state index contributed by atoms with van der Waals surface area (Å²) in [6, 6.07) is 0. The molecule has 15 heavy (non-hydrogen) atoms. The van der Waals surface area contributed by atoms with Crippen LogP contribution in [0.5, 0.6) is 0 Å². The minimum Gasteiger partial charge on any atom is -0.465 e. The molecule has 0 amide bonds. The minimum atomic E-state index is -1.02. The topological polar surface area (TPSA) is 90.4 Å². The van der Waals surface area contributed by atoms with Gasteiger partial charge in [-0.2, -0.15) is 5.10 Å². The predicted octanol–water partition coefficient (Wildman–Crippen LogP) is -0.627. The number of hydrogen-bond acceptors (Lipinski definition) is 5. The number of aliphatic hydroxyl groups excluding tert-OH is 1. The van der Waals surface area contributed by atoms with Crippen LogP contribution < -0.4 is 5.73 Å². The van der Waals surface area contributed by atoms with Crippen LogP contribution in [0.2, 0.25) is 0 Å². The lowest BCUT2D eigenvalue weighted by Gasteiger charge is -2.23. The Balaban J connectivity index is 3.27. The zero-order chi connectivity index (χ0) is 11.6. The second-order valence-electron chi connectivity index (χ2n) is 3.60. The van der Waals surface area contributed by atoms with Gasteiger partial charge in [0.25, 0.3) is 0 Å². The predicted molar refractivity (Wildman–Crippen MR) is 53.2 cm³/mol. The van der Waals surface area contributed by atoms with Crippen LogP contribution in [0.3, 0.4) is 0 Å². The van der Waals surface area contributed by atoms with E-state index in [0.717, 1.165) is 0 Å². The molecule has 0 aromatic carbocycles. The van der Waals surface area contributed by atoms with Crippen molar-refractivity contribution in [1.82, 2.24) is 9.78 Å². The summed E-state index contributed by atoms with van der Waals surface area (Å²) >= 11 is 0. The van der Waals surface area contributed by atoms with Crippen LogP contribution in [0.25, 0.3) is 0 Å². The summed E-state index contributed by atoms with van der Waals surface area (Å²) in [6.07, 6.45) is 1.38. The molecule has 0 saturated heterocycles. The summed E-state index contributed by atoms with van der Waals surface area (Å²) < 4.78 is 6.06. The van der Waals surface area contributed by atoms with Gasteiger partial charge in [-0.3, -0.25) is 4.68 Å². The van der Waals surface area contributed by atoms with Gasteiger partial charge in [0.1, 0.15) is 5.56 Å². The van der Waals surface area contributed by atoms with Crippen molar-refractivity contribution in [3.05, 3.63) is 17.5 Å². The highest BCUT2D eigenvalue weighted by atomic mass is 16.5. The van der Waals surface area contributed by atoms with E-state index in [1.54, 1.807) is 14.0 Å². The zero-order valence-electron chi connectivity index (χ0n) is 9.02. The number of rotatable bonds is 3. The Kier molecular flexibility index (Phi) is 3.11. The first-order chi connectivity index (χ1) is 6.94. The van der Waals surface area contributed by atoms with Crippen molar-refractivity contribution < 1.29 is 14.6 Å². The molecule has 84 valence electrons. The van der Waals surface area contributed by atoms with Crippen molar-refractivity contribution in [3.63, 3.8) is 0 Å². The molecule has 1 heterocycles. The molecule has 0 bridgehead atoms. The highest BCUT2D eigenvalue weighted by Gasteiger charge is 2.30. The van der Waals surface area contributed by atoms with E-state index in [4.69, 9.17) is 10.8 Å². The van der Waals surface area contributed by atoms with Crippen LogP contribution in [-0.4, -0.2) is 34.6 Å². The monoisotopic (exact) mass is 213 g/mol. The fourth-order valence-electron chi connectivity index (χ4n) is 1.45. The van der Waals surface area contributed by atoms with Crippen LogP contribution in [0, 0.1) is 0 Å². The van der Waals surface area contributed by atoms with Crippen LogP contribution in [-0.2, 0) is 17.3 Å². The lowest BCUT2D eigenvalue weighted by Crippen LogP contribution is -2.40. The minimum absolute atomic E-state index is 0.277. The number of hydrogen-bond donors (Lipinski definition) is 2. The van der Waals surface area contributed by atoms with Gasteiger partial charge in [0.2, 0.25) is 0 Å². The smallest absolute Gasteiger partial charge is 0.341 e. The van der Waals surface area contributed by atoms with E-state index >= 15 is 0 Å². The number of aliphatic hydroxyl groups is 1. The third-order valence-corrected chi connectivity index (χ3v) is 2.21. The van der Waals surface area contributed by atoms with Gasteiger partial charge in [-0.15, -0.1) is 0 Å². The Morgan fingerprint density at radius 1 is 1.80 bits per heavy atom. The number of ether oxygens (including phenoxy) is 1. The average molecular weight is 213 g/mol. The lowest BCUT2D eigenvalue weighted by atomic mass is 9.97. The molecule has 0 aliphatic heterocycles. The van der Waals surface area contributed by atoms with Gasteiger partial charge in [0.15, 0.2) is 0 Å². The first-order valence-corrected chi connectivity index (χ1v) is 4.44. The van der Waals surface area contributed by atoms with E-state index in [-0.39, 0.29) is 12.2 Å². The summed E-state index contributed by atoms with van der Waals surface area (Å²) in [5.41, 5.74) is 5.57. The lowest BCUT2D eigenvalue weighted by molar-refractivity contribution is 0.0595. The quantitative estimate of drug-likeness (QED) is 0.652. The number of carbonyl (C=O) groups excluding carboxylic acids is 1. The van der Waals surface area contributed by atoms with Crippen LogP contribution >= 0.6 is 0 Å². The van der Waals surface area contributed by atoms with Crippen molar-refractivity contribution in [2.45, 2.75) is 12.5 Å². The Morgan fingerprint density at radius 3 is 2.87 bits per heavy atom. The van der Waals surface area contributed by atoms with Crippen molar-refractivity contribution in [2.75, 3.05) is 13.7 Å². The first-order valence-electron chi connectivity index (χ1n) is 4.44. The van der Waals surface area contributed by atoms with E-state index in [1.807, 2.05) is 0 Å². The van der Waals surface area contributed by atoms with Gasteiger partial charge in [-0.25, -0.2) is 4.79 Å². The van der Waals surface area contributed by atoms with Crippen molar-refractivity contribution in [2.24, 2.45) is 12.8 Å². The van der Waals surface area contributed by atoms with Gasteiger partial charge in [0, 0.05) is 7.05 Å². The number of carbonyl (C=O) groups is 1. The number of nitrogens with zero attached hydrogens (tertiary/aromatic N) is 2. The second kappa shape index (κ2) is 4.00. The van der Waals surface area contributed by atoms with Gasteiger partial charge < -0.3 is 15.6 Å². The second-order valence-corrected chi connectivity index (χ2v) is 3.60. The summed E-state index contributed by atoms with van der Waals surface area (Å²) in [5.74, 6) is -0.511. The Labute approximate surface area is 87.6 Å². The fraction of sp³-hybridized carbons (Fsp3) is 0.556. The van der Waals surface area contributed by atoms with Crippen molar-refractivity contribution in [3.8, 4) is 0 Å². The van der Waals surface area contributed by atoms with E-state index < -0.39 is 11.5 Å². The molecule has 0 spiro atoms. The molecule has 3 N–H and O–H groups in total. The Morgan fingerprint density at radius 2 is 2.40 bits per heavy atom. The summed E-state index contributed by atoms with van der Waals surface area (Å²) in [4.78, 5) is 11.4. The van der Waals surface area contributed by atoms with Crippen molar-refractivity contribution >= 4 is 5.97 Å². The highest BCUT2D eigenvalue weighted by Crippen LogP contribution is 2.21. The van der Waals surface area contributed by atoms with E-state index in [0.29, 0.717) is 5.69 Å². The Hall–Kier alpha value is -1.40. The van der Waals surface area contributed by atoms with E-state index in [2.05, 4.69) is 9.84 Å². The molecule has 0 saturated carbocycles. The summed E-state index contributed by atoms with van der Waals surface area (Å²) in [7, 11) is 2.94. The molecule has 1 unspecified atom stereocenters. The van der Waals surface area contributed by atoms with Crippen molar-refractivity contribution in [1.29, 1.82) is 0 Å². The molecule has 6 nitrogen and oxygen atoms in total. The van der Waals surface area contributed by atoms with E-state index in [9.17, 15) is 4.79 Å². The van der Waals surface area contributed by atoms with Gasteiger partial charge in [-0.05, 0) is 6.92 Å². The maximum Gasteiger partial charge on any atom is 0.341 e. The number of methoxy groups -OCH3 is 1. The number of nitrogens with two attached hydrogens (primary N) is 1. The maximum absolute atomic E-state index is 11.4. The third-order valence-electron chi connectivity index (χ3n) is 2.21. The van der Waals surface area contributed by atoms with Gasteiger partial charge in [-0.1, -0.05) is 0 Å². The zero-order valence-corrected chi connectivity index (χ0v) is 9.02. The molecule has 0 radical (unpaired) electrons. The first kappa shape index (κ1) is 11.7. The summed E-state index contributed by atoms with van der Waals surface area (Å²) in [6.45, 7) is 1.34. The fourth-order valence-corrected chi connectivity index (χ4v) is 1.45. The highest BCUT2D eigenvalue weighted by molar-refractivity contribution is 5.90. The molecule has 6 heteroatoms. The largest absolute Gasteiger partial charge is 0.465 e. The SMILES string of the molecule is COC(=O)c1cnn(C)c1C(C)(N)CO. The molecule has 0 aliphatic rings. The number of aromatic nitrogens is 2. The normalized spacial score (nSPS) is 14.7. The van der Waals surface area contributed by atoms with E-state index in [1.165, 1.54) is 18.0 Å². The molecule has 1 atom stereocenters. The summed E-state index contributed by atoms with van der Waals surface area (Å²) in [5, 5.41) is 13.1. The maximum atomic E-state index is 11.4. The average Bonchev–Trinajstić information content (AvgIpc) is 2.59. The molecule has 1 aromatic rings. The Bertz CT molecular complexity index is 371. The van der Waals surface area contributed by atoms with Gasteiger partial charge >= 0.3 is 5.97 Å². The molecule has 0 aliphatic carbocycles. The number of aryl methyl sites for hydroxylation is 1. The van der Waals surface area contributed by atoms with Crippen LogP contribution in [0.4, 0.5) is 0 Å². The third kappa shape index (κ3) is 2.00. The molecular formula is C9H15N3O3. The molecular weight excluding hydrogens is 198 g/mol. The number of esters is 1. The molecule has 1 aromatic heterocycles. The molecule has 0 fully saturated rings. The molecule has 1 rings (SSSR count). The standard InChI is InChI=1S/C9H15N3O3/c1-9(10,5-13)7-6(8(14)15-3)4-11-12(7)2/h4,13H,5,10H2,1-3H3. The van der Waals surface area contributed by atoms with Gasteiger partial charge in [0.05, 0.1) is 31.1 Å². The van der Waals surface area contributed by atoms with Crippen LogP contribution in [0.1, 0.15) is 23.0 Å². The van der Waals surface area contributed by atoms with Crippen LogP contribution in [0.15, 0.2) is 6.20 Å².